The van der Waals surface area contributed by atoms with E-state index in [1.807, 2.05) is 68.4 Å². The molecular formula is C25H32N2O2. The van der Waals surface area contributed by atoms with Gasteiger partial charge in [0, 0.05) is 12.6 Å². The van der Waals surface area contributed by atoms with Gasteiger partial charge in [-0.2, -0.15) is 0 Å². The van der Waals surface area contributed by atoms with E-state index in [0.717, 1.165) is 29.5 Å². The van der Waals surface area contributed by atoms with Gasteiger partial charge in [-0.1, -0.05) is 74.4 Å². The van der Waals surface area contributed by atoms with Gasteiger partial charge in [-0.05, 0) is 42.9 Å². The minimum absolute atomic E-state index is 0.00317. The number of hydrogen-bond acceptors (Lipinski definition) is 2. The molecule has 1 atom stereocenters. The third-order valence-electron chi connectivity index (χ3n) is 5.89. The number of amides is 2. The quantitative estimate of drug-likeness (QED) is 0.724. The van der Waals surface area contributed by atoms with Crippen molar-refractivity contribution in [3.63, 3.8) is 0 Å². The molecule has 0 radical (unpaired) electrons. The van der Waals surface area contributed by atoms with Crippen molar-refractivity contribution >= 4 is 11.8 Å². The number of carbonyl (C=O) groups excluding carboxylic acids is 2. The topological polar surface area (TPSA) is 49.4 Å². The van der Waals surface area contributed by atoms with E-state index in [0.29, 0.717) is 19.4 Å². The molecule has 0 aromatic heterocycles. The summed E-state index contributed by atoms with van der Waals surface area (Å²) in [6.45, 7) is 4.45. The van der Waals surface area contributed by atoms with E-state index < -0.39 is 6.04 Å². The summed E-state index contributed by atoms with van der Waals surface area (Å²) >= 11 is 0. The molecule has 29 heavy (non-hydrogen) atoms. The lowest BCUT2D eigenvalue weighted by atomic mass is 10.0. The maximum absolute atomic E-state index is 13.4. The summed E-state index contributed by atoms with van der Waals surface area (Å²) in [6.07, 6.45) is 5.33. The largest absolute Gasteiger partial charge is 0.352 e. The van der Waals surface area contributed by atoms with Gasteiger partial charge in [0.2, 0.25) is 11.8 Å². The number of benzene rings is 2. The summed E-state index contributed by atoms with van der Waals surface area (Å²) in [5.41, 5.74) is 3.16. The van der Waals surface area contributed by atoms with Crippen LogP contribution < -0.4 is 5.32 Å². The summed E-state index contributed by atoms with van der Waals surface area (Å²) in [5.74, 6) is -0.0231. The Labute approximate surface area is 174 Å². The van der Waals surface area contributed by atoms with Crippen LogP contribution in [0.3, 0.4) is 0 Å². The highest BCUT2D eigenvalue weighted by Gasteiger charge is 2.30. The SMILES string of the molecule is CC[C@H](C(=O)NC1CCCC1)N(Cc1ccccc1)C(=O)Cc1ccccc1C. The lowest BCUT2D eigenvalue weighted by Crippen LogP contribution is -2.51. The second-order valence-corrected chi connectivity index (χ2v) is 8.02. The second kappa shape index (κ2) is 10.2. The van der Waals surface area contributed by atoms with E-state index in [9.17, 15) is 9.59 Å². The minimum Gasteiger partial charge on any atom is -0.352 e. The summed E-state index contributed by atoms with van der Waals surface area (Å²) in [7, 11) is 0. The maximum atomic E-state index is 13.4. The fourth-order valence-electron chi connectivity index (χ4n) is 4.14. The minimum atomic E-state index is -0.452. The van der Waals surface area contributed by atoms with Crippen LogP contribution in [0.1, 0.15) is 55.7 Å². The van der Waals surface area contributed by atoms with Crippen LogP contribution in [0.2, 0.25) is 0 Å². The van der Waals surface area contributed by atoms with Gasteiger partial charge in [0.15, 0.2) is 0 Å². The van der Waals surface area contributed by atoms with Crippen molar-refractivity contribution in [1.29, 1.82) is 0 Å². The maximum Gasteiger partial charge on any atom is 0.243 e. The van der Waals surface area contributed by atoms with Crippen LogP contribution in [0, 0.1) is 6.92 Å². The van der Waals surface area contributed by atoms with Crippen molar-refractivity contribution in [2.24, 2.45) is 0 Å². The van der Waals surface area contributed by atoms with E-state index in [4.69, 9.17) is 0 Å². The third kappa shape index (κ3) is 5.69. The number of carbonyl (C=O) groups is 2. The number of nitrogens with one attached hydrogen (secondary N) is 1. The Bertz CT molecular complexity index is 813. The molecule has 2 aromatic rings. The summed E-state index contributed by atoms with van der Waals surface area (Å²) in [4.78, 5) is 28.2. The van der Waals surface area contributed by atoms with Crippen LogP contribution in [0.15, 0.2) is 54.6 Å². The molecule has 0 bridgehead atoms. The molecule has 0 unspecified atom stereocenters. The molecule has 0 saturated heterocycles. The molecule has 1 N–H and O–H groups in total. The average Bonchev–Trinajstić information content (AvgIpc) is 3.23. The van der Waals surface area contributed by atoms with Gasteiger partial charge < -0.3 is 10.2 Å². The molecule has 154 valence electrons. The zero-order valence-electron chi connectivity index (χ0n) is 17.6. The monoisotopic (exact) mass is 392 g/mol. The van der Waals surface area contributed by atoms with Crippen LogP contribution in [-0.4, -0.2) is 28.8 Å². The van der Waals surface area contributed by atoms with Gasteiger partial charge in [0.25, 0.3) is 0 Å². The molecule has 3 rings (SSSR count). The molecule has 2 aromatic carbocycles. The summed E-state index contributed by atoms with van der Waals surface area (Å²) < 4.78 is 0. The van der Waals surface area contributed by atoms with E-state index in [1.165, 1.54) is 12.8 Å². The Kier molecular flexibility index (Phi) is 7.45. The van der Waals surface area contributed by atoms with Gasteiger partial charge in [-0.25, -0.2) is 0 Å². The third-order valence-corrected chi connectivity index (χ3v) is 5.89. The van der Waals surface area contributed by atoms with Gasteiger partial charge in [-0.15, -0.1) is 0 Å². The fourth-order valence-corrected chi connectivity index (χ4v) is 4.14. The zero-order chi connectivity index (χ0) is 20.6. The van der Waals surface area contributed by atoms with Crippen molar-refractivity contribution in [3.8, 4) is 0 Å². The molecule has 1 aliphatic rings. The van der Waals surface area contributed by atoms with Crippen LogP contribution in [0.5, 0.6) is 0 Å². The number of aryl methyl sites for hydroxylation is 1. The first-order chi connectivity index (χ1) is 14.1. The van der Waals surface area contributed by atoms with Crippen molar-refractivity contribution in [2.75, 3.05) is 0 Å². The van der Waals surface area contributed by atoms with E-state index >= 15 is 0 Å². The van der Waals surface area contributed by atoms with E-state index in [-0.39, 0.29) is 17.9 Å². The van der Waals surface area contributed by atoms with E-state index in [2.05, 4.69) is 5.32 Å². The molecule has 2 amide bonds. The summed E-state index contributed by atoms with van der Waals surface area (Å²) in [5, 5.41) is 3.19. The molecule has 1 fully saturated rings. The van der Waals surface area contributed by atoms with Gasteiger partial charge in [0.05, 0.1) is 6.42 Å². The Morgan fingerprint density at radius 2 is 1.69 bits per heavy atom. The molecule has 4 heteroatoms. The predicted molar refractivity (Wildman–Crippen MR) is 116 cm³/mol. The van der Waals surface area contributed by atoms with Gasteiger partial charge in [0.1, 0.15) is 6.04 Å². The number of rotatable bonds is 8. The molecule has 4 nitrogen and oxygen atoms in total. The van der Waals surface area contributed by atoms with Crippen molar-refractivity contribution < 1.29 is 9.59 Å². The Morgan fingerprint density at radius 1 is 1.03 bits per heavy atom. The highest BCUT2D eigenvalue weighted by atomic mass is 16.2. The molecule has 1 aliphatic carbocycles. The Morgan fingerprint density at radius 3 is 2.34 bits per heavy atom. The first-order valence-electron chi connectivity index (χ1n) is 10.8. The van der Waals surface area contributed by atoms with Crippen LogP contribution >= 0.6 is 0 Å². The Hall–Kier alpha value is -2.62. The standard InChI is InChI=1S/C25H32N2O2/c1-3-23(25(29)26-22-15-9-10-16-22)27(18-20-12-5-4-6-13-20)24(28)17-21-14-8-7-11-19(21)2/h4-8,11-14,22-23H,3,9-10,15-18H2,1-2H3,(H,26,29)/t23-/m1/s1. The van der Waals surface area contributed by atoms with Crippen molar-refractivity contribution in [3.05, 3.63) is 71.3 Å². The lowest BCUT2D eigenvalue weighted by Gasteiger charge is -2.31. The number of nitrogens with zero attached hydrogens (tertiary/aromatic N) is 1. The zero-order valence-corrected chi connectivity index (χ0v) is 17.6. The average molecular weight is 393 g/mol. The van der Waals surface area contributed by atoms with Crippen LogP contribution in [-0.2, 0) is 22.6 Å². The van der Waals surface area contributed by atoms with Gasteiger partial charge >= 0.3 is 0 Å². The normalized spacial score (nSPS) is 15.1. The van der Waals surface area contributed by atoms with Gasteiger partial charge in [-0.3, -0.25) is 9.59 Å². The lowest BCUT2D eigenvalue weighted by molar-refractivity contribution is -0.141. The molecular weight excluding hydrogens is 360 g/mol. The Balaban J connectivity index is 1.81. The highest BCUT2D eigenvalue weighted by molar-refractivity contribution is 5.88. The first-order valence-corrected chi connectivity index (χ1v) is 10.8. The van der Waals surface area contributed by atoms with Crippen LogP contribution in [0.4, 0.5) is 0 Å². The van der Waals surface area contributed by atoms with Crippen LogP contribution in [0.25, 0.3) is 0 Å². The molecule has 1 saturated carbocycles. The van der Waals surface area contributed by atoms with Crippen molar-refractivity contribution in [2.45, 2.75) is 71.0 Å². The summed E-state index contributed by atoms with van der Waals surface area (Å²) in [6, 6.07) is 17.7. The molecule has 0 heterocycles. The van der Waals surface area contributed by atoms with Crippen molar-refractivity contribution in [1.82, 2.24) is 10.2 Å². The highest BCUT2D eigenvalue weighted by Crippen LogP contribution is 2.20. The predicted octanol–water partition coefficient (Wildman–Crippen LogP) is 4.40. The second-order valence-electron chi connectivity index (χ2n) is 8.02. The first kappa shape index (κ1) is 21.1. The number of hydrogen-bond donors (Lipinski definition) is 1. The molecule has 0 spiro atoms. The molecule has 0 aliphatic heterocycles. The van der Waals surface area contributed by atoms with E-state index in [1.54, 1.807) is 4.90 Å². The smallest absolute Gasteiger partial charge is 0.243 e. The fraction of sp³-hybridized carbons (Fsp3) is 0.440.